The summed E-state index contributed by atoms with van der Waals surface area (Å²) in [5.74, 6) is 0.115. The highest BCUT2D eigenvalue weighted by Crippen LogP contribution is 2.46. The van der Waals surface area contributed by atoms with Crippen molar-refractivity contribution in [3.63, 3.8) is 0 Å². The van der Waals surface area contributed by atoms with Crippen LogP contribution in [-0.4, -0.2) is 33.5 Å². The quantitative estimate of drug-likeness (QED) is 0.259. The van der Waals surface area contributed by atoms with Gasteiger partial charge in [0.15, 0.2) is 0 Å². The van der Waals surface area contributed by atoms with Gasteiger partial charge in [0.05, 0.1) is 6.04 Å². The predicted molar refractivity (Wildman–Crippen MR) is 167 cm³/mol. The molecule has 2 amide bonds. The van der Waals surface area contributed by atoms with Crippen LogP contribution in [0.3, 0.4) is 0 Å². The first kappa shape index (κ1) is 28.1. The predicted octanol–water partition coefficient (Wildman–Crippen LogP) is 7.93. The zero-order chi connectivity index (χ0) is 29.3. The van der Waals surface area contributed by atoms with Crippen LogP contribution >= 0.6 is 0 Å². The van der Waals surface area contributed by atoms with E-state index in [9.17, 15) is 9.59 Å². The van der Waals surface area contributed by atoms with Crippen molar-refractivity contribution in [1.82, 2.24) is 15.2 Å². The van der Waals surface area contributed by atoms with E-state index in [0.717, 1.165) is 64.5 Å². The summed E-state index contributed by atoms with van der Waals surface area (Å²) in [6, 6.07) is 25.9. The van der Waals surface area contributed by atoms with Gasteiger partial charge in [0.1, 0.15) is 11.6 Å². The molecular weight excluding hydrogens is 522 g/mol. The standard InChI is InChI=1S/C36H41N3O3/c1-36(2,3)42-35(41)39-31(34(40)37-23-24-18-20-26(21-19-24)25-12-6-4-7-13-25)22-29-28-16-10-11-17-30(28)38-32(29)33(39)27-14-8-5-9-15-27/h4,6-7,10-13,16-21,27,31,33,38H,5,8-9,14-15,22-23H2,1-3H3,(H,37,40)/t31-,33+/m1/s1. The largest absolute Gasteiger partial charge is 0.444 e. The molecule has 0 unspecified atom stereocenters. The number of ether oxygens (including phenoxy) is 1. The molecule has 1 saturated carbocycles. The summed E-state index contributed by atoms with van der Waals surface area (Å²) >= 11 is 0. The Labute approximate surface area is 248 Å². The molecule has 2 aliphatic rings. The monoisotopic (exact) mass is 563 g/mol. The van der Waals surface area contributed by atoms with Crippen LogP contribution in [0.4, 0.5) is 4.79 Å². The lowest BCUT2D eigenvalue weighted by atomic mass is 9.78. The van der Waals surface area contributed by atoms with Crippen molar-refractivity contribution < 1.29 is 14.3 Å². The van der Waals surface area contributed by atoms with Gasteiger partial charge in [-0.1, -0.05) is 92.1 Å². The number of rotatable bonds is 5. The second kappa shape index (κ2) is 11.7. The average molecular weight is 564 g/mol. The minimum Gasteiger partial charge on any atom is -0.444 e. The number of fused-ring (bicyclic) bond motifs is 3. The maximum atomic E-state index is 14.1. The number of amides is 2. The van der Waals surface area contributed by atoms with Crippen LogP contribution in [0.1, 0.15) is 75.7 Å². The average Bonchev–Trinajstić information content (AvgIpc) is 3.37. The zero-order valence-electron chi connectivity index (χ0n) is 24.9. The van der Waals surface area contributed by atoms with Gasteiger partial charge in [-0.3, -0.25) is 9.69 Å². The summed E-state index contributed by atoms with van der Waals surface area (Å²) in [7, 11) is 0. The third-order valence-electron chi connectivity index (χ3n) is 8.71. The molecule has 4 aromatic rings. The molecule has 42 heavy (non-hydrogen) atoms. The molecule has 0 saturated heterocycles. The highest BCUT2D eigenvalue weighted by molar-refractivity contribution is 5.91. The van der Waals surface area contributed by atoms with Crippen LogP contribution in [-0.2, 0) is 22.5 Å². The Bertz CT molecular complexity index is 1550. The lowest BCUT2D eigenvalue weighted by Gasteiger charge is -2.45. The van der Waals surface area contributed by atoms with Gasteiger partial charge in [0, 0.05) is 29.6 Å². The van der Waals surface area contributed by atoms with E-state index >= 15 is 0 Å². The van der Waals surface area contributed by atoms with Gasteiger partial charge < -0.3 is 15.0 Å². The van der Waals surface area contributed by atoms with Crippen molar-refractivity contribution in [3.8, 4) is 11.1 Å². The number of nitrogens with one attached hydrogen (secondary N) is 2. The van der Waals surface area contributed by atoms with Crippen molar-refractivity contribution in [2.24, 2.45) is 5.92 Å². The number of carbonyl (C=O) groups is 2. The second-order valence-electron chi connectivity index (χ2n) is 12.8. The van der Waals surface area contributed by atoms with Crippen molar-refractivity contribution in [2.75, 3.05) is 0 Å². The third-order valence-corrected chi connectivity index (χ3v) is 8.71. The Kier molecular flexibility index (Phi) is 7.80. The highest BCUT2D eigenvalue weighted by Gasteiger charge is 2.47. The molecule has 0 spiro atoms. The van der Waals surface area contributed by atoms with E-state index < -0.39 is 17.7 Å². The fourth-order valence-electron chi connectivity index (χ4n) is 6.76. The molecule has 1 fully saturated rings. The molecule has 0 bridgehead atoms. The van der Waals surface area contributed by atoms with Gasteiger partial charge >= 0.3 is 6.09 Å². The van der Waals surface area contributed by atoms with Crippen LogP contribution in [0.25, 0.3) is 22.0 Å². The minimum atomic E-state index is -0.670. The van der Waals surface area contributed by atoms with Gasteiger partial charge in [-0.05, 0) is 67.9 Å². The first-order valence-electron chi connectivity index (χ1n) is 15.3. The molecule has 6 heteroatoms. The summed E-state index contributed by atoms with van der Waals surface area (Å²) < 4.78 is 5.98. The lowest BCUT2D eigenvalue weighted by Crippen LogP contribution is -2.56. The Morgan fingerprint density at radius 2 is 1.55 bits per heavy atom. The first-order valence-corrected chi connectivity index (χ1v) is 15.3. The van der Waals surface area contributed by atoms with Gasteiger partial charge in [0.2, 0.25) is 5.91 Å². The highest BCUT2D eigenvalue weighted by atomic mass is 16.6. The number of aromatic amines is 1. The van der Waals surface area contributed by atoms with Crippen LogP contribution in [0, 0.1) is 5.92 Å². The van der Waals surface area contributed by atoms with E-state index in [2.05, 4.69) is 58.8 Å². The number of hydrogen-bond donors (Lipinski definition) is 2. The van der Waals surface area contributed by atoms with E-state index in [1.807, 2.05) is 51.1 Å². The molecule has 1 aliphatic carbocycles. The van der Waals surface area contributed by atoms with E-state index in [4.69, 9.17) is 4.74 Å². The van der Waals surface area contributed by atoms with Crippen molar-refractivity contribution in [2.45, 2.75) is 83.5 Å². The van der Waals surface area contributed by atoms with Crippen molar-refractivity contribution >= 4 is 22.9 Å². The van der Waals surface area contributed by atoms with Gasteiger partial charge in [-0.25, -0.2) is 4.79 Å². The smallest absolute Gasteiger partial charge is 0.411 e. The van der Waals surface area contributed by atoms with Crippen LogP contribution in [0.2, 0.25) is 0 Å². The minimum absolute atomic E-state index is 0.148. The molecule has 2 N–H and O–H groups in total. The second-order valence-corrected chi connectivity index (χ2v) is 12.8. The van der Waals surface area contributed by atoms with E-state index in [1.165, 1.54) is 6.42 Å². The molecule has 218 valence electrons. The molecule has 2 heterocycles. The van der Waals surface area contributed by atoms with E-state index in [0.29, 0.717) is 13.0 Å². The van der Waals surface area contributed by atoms with Crippen molar-refractivity contribution in [1.29, 1.82) is 0 Å². The molecule has 1 aliphatic heterocycles. The maximum Gasteiger partial charge on any atom is 0.411 e. The molecule has 1 aromatic heterocycles. The van der Waals surface area contributed by atoms with E-state index in [-0.39, 0.29) is 17.9 Å². The maximum absolute atomic E-state index is 14.1. The number of para-hydroxylation sites is 1. The van der Waals surface area contributed by atoms with Gasteiger partial charge in [0.25, 0.3) is 0 Å². The van der Waals surface area contributed by atoms with Gasteiger partial charge in [-0.15, -0.1) is 0 Å². The third kappa shape index (κ3) is 5.80. The molecule has 0 radical (unpaired) electrons. The van der Waals surface area contributed by atoms with Gasteiger partial charge in [-0.2, -0.15) is 0 Å². The summed E-state index contributed by atoms with van der Waals surface area (Å²) in [4.78, 5) is 33.5. The summed E-state index contributed by atoms with van der Waals surface area (Å²) in [6.07, 6.45) is 5.56. The molecule has 6 rings (SSSR count). The summed E-state index contributed by atoms with van der Waals surface area (Å²) in [6.45, 7) is 6.04. The number of carbonyl (C=O) groups excluding carboxylic acids is 2. The number of hydrogen-bond acceptors (Lipinski definition) is 3. The number of nitrogens with zero attached hydrogens (tertiary/aromatic N) is 1. The van der Waals surface area contributed by atoms with Crippen molar-refractivity contribution in [3.05, 3.63) is 95.7 Å². The summed E-state index contributed by atoms with van der Waals surface area (Å²) in [5.41, 5.74) is 5.90. The fourth-order valence-corrected chi connectivity index (χ4v) is 6.76. The van der Waals surface area contributed by atoms with Crippen LogP contribution in [0.15, 0.2) is 78.9 Å². The molecule has 6 nitrogen and oxygen atoms in total. The number of H-pyrrole nitrogens is 1. The fraction of sp³-hybridized carbons (Fsp3) is 0.389. The van der Waals surface area contributed by atoms with Crippen LogP contribution < -0.4 is 5.32 Å². The Hall–Kier alpha value is -4.06. The molecule has 3 aromatic carbocycles. The summed E-state index contributed by atoms with van der Waals surface area (Å²) in [5, 5.41) is 4.30. The van der Waals surface area contributed by atoms with Crippen LogP contribution in [0.5, 0.6) is 0 Å². The topological polar surface area (TPSA) is 74.4 Å². The number of aromatic nitrogens is 1. The van der Waals surface area contributed by atoms with E-state index in [1.54, 1.807) is 4.90 Å². The number of benzene rings is 3. The Balaban J connectivity index is 1.32. The lowest BCUT2D eigenvalue weighted by molar-refractivity contribution is -0.129. The Morgan fingerprint density at radius 3 is 2.26 bits per heavy atom. The zero-order valence-corrected chi connectivity index (χ0v) is 24.9. The SMILES string of the molecule is CC(C)(C)OC(=O)N1[C@@H](C(=O)NCc2ccc(-c3ccccc3)cc2)Cc2c([nH]c3ccccc23)[C@@H]1C1CCCCC1. The normalized spacial score (nSPS) is 19.4. The first-order chi connectivity index (χ1) is 20.3. The molecule has 2 atom stereocenters. The Morgan fingerprint density at radius 1 is 0.881 bits per heavy atom. The molecular formula is C36H41N3O3.